The minimum Gasteiger partial charge on any atom is -0.366 e. The summed E-state index contributed by atoms with van der Waals surface area (Å²) in [5.74, 6) is 1.24. The maximum Gasteiger partial charge on any atom is 0.0824 e. The maximum atomic E-state index is 5.77. The quantitative estimate of drug-likeness (QED) is 0.548. The standard InChI is InChI=1S/C10H14O/c1-7-3-5-9(7)11-10-6-4-8(10)2/h3-10H,1-2H3. The van der Waals surface area contributed by atoms with Gasteiger partial charge in [-0.1, -0.05) is 38.2 Å². The highest BCUT2D eigenvalue weighted by atomic mass is 16.5. The molecule has 0 radical (unpaired) electrons. The molecule has 2 aliphatic carbocycles. The molecular weight excluding hydrogens is 136 g/mol. The molecule has 0 saturated carbocycles. The largest absolute Gasteiger partial charge is 0.366 e. The van der Waals surface area contributed by atoms with Gasteiger partial charge < -0.3 is 4.74 Å². The van der Waals surface area contributed by atoms with Gasteiger partial charge in [-0.15, -0.1) is 0 Å². The van der Waals surface area contributed by atoms with Crippen LogP contribution >= 0.6 is 0 Å². The molecule has 0 heterocycles. The molecule has 0 aromatic heterocycles. The summed E-state index contributed by atoms with van der Waals surface area (Å²) in [4.78, 5) is 0. The van der Waals surface area contributed by atoms with Gasteiger partial charge in [0.15, 0.2) is 0 Å². The molecule has 2 rings (SSSR count). The lowest BCUT2D eigenvalue weighted by atomic mass is 9.90. The zero-order valence-corrected chi connectivity index (χ0v) is 7.03. The molecule has 2 aliphatic rings. The van der Waals surface area contributed by atoms with Crippen LogP contribution in [0.4, 0.5) is 0 Å². The number of hydrogen-bond acceptors (Lipinski definition) is 1. The van der Waals surface area contributed by atoms with Gasteiger partial charge in [0.05, 0.1) is 12.2 Å². The molecule has 11 heavy (non-hydrogen) atoms. The summed E-state index contributed by atoms with van der Waals surface area (Å²) in [5, 5.41) is 0. The second kappa shape index (κ2) is 2.49. The molecule has 0 fully saturated rings. The van der Waals surface area contributed by atoms with Crippen molar-refractivity contribution in [2.45, 2.75) is 26.1 Å². The fourth-order valence-corrected chi connectivity index (χ4v) is 1.37. The van der Waals surface area contributed by atoms with E-state index in [9.17, 15) is 0 Å². The summed E-state index contributed by atoms with van der Waals surface area (Å²) in [7, 11) is 0. The van der Waals surface area contributed by atoms with Gasteiger partial charge in [0.25, 0.3) is 0 Å². The third-order valence-electron chi connectivity index (χ3n) is 2.56. The van der Waals surface area contributed by atoms with Crippen LogP contribution in [0.2, 0.25) is 0 Å². The van der Waals surface area contributed by atoms with Crippen LogP contribution in [0, 0.1) is 11.8 Å². The van der Waals surface area contributed by atoms with E-state index < -0.39 is 0 Å². The molecule has 0 aromatic carbocycles. The molecule has 0 bridgehead atoms. The highest BCUT2D eigenvalue weighted by Gasteiger charge is 2.28. The van der Waals surface area contributed by atoms with E-state index in [0.29, 0.717) is 24.0 Å². The van der Waals surface area contributed by atoms with E-state index in [1.807, 2.05) is 0 Å². The van der Waals surface area contributed by atoms with Crippen LogP contribution in [-0.4, -0.2) is 12.2 Å². The Morgan fingerprint density at radius 2 is 1.27 bits per heavy atom. The van der Waals surface area contributed by atoms with Crippen molar-refractivity contribution in [3.05, 3.63) is 24.3 Å². The van der Waals surface area contributed by atoms with Crippen molar-refractivity contribution in [3.63, 3.8) is 0 Å². The fourth-order valence-electron chi connectivity index (χ4n) is 1.37. The monoisotopic (exact) mass is 150 g/mol. The van der Waals surface area contributed by atoms with Crippen LogP contribution in [0.1, 0.15) is 13.8 Å². The molecule has 1 nitrogen and oxygen atoms in total. The zero-order chi connectivity index (χ0) is 7.84. The lowest BCUT2D eigenvalue weighted by Crippen LogP contribution is -2.35. The second-order valence-corrected chi connectivity index (χ2v) is 3.55. The predicted octanol–water partition coefficient (Wildman–Crippen LogP) is 2.15. The summed E-state index contributed by atoms with van der Waals surface area (Å²) < 4.78 is 5.77. The smallest absolute Gasteiger partial charge is 0.0824 e. The van der Waals surface area contributed by atoms with Gasteiger partial charge >= 0.3 is 0 Å². The van der Waals surface area contributed by atoms with Crippen molar-refractivity contribution in [2.24, 2.45) is 11.8 Å². The van der Waals surface area contributed by atoms with E-state index in [2.05, 4.69) is 38.2 Å². The van der Waals surface area contributed by atoms with Crippen molar-refractivity contribution >= 4 is 0 Å². The summed E-state index contributed by atoms with van der Waals surface area (Å²) >= 11 is 0. The average molecular weight is 150 g/mol. The summed E-state index contributed by atoms with van der Waals surface area (Å²) in [6, 6.07) is 0. The van der Waals surface area contributed by atoms with Gasteiger partial charge in [-0.25, -0.2) is 0 Å². The summed E-state index contributed by atoms with van der Waals surface area (Å²) in [6.07, 6.45) is 9.43. The first-order valence-corrected chi connectivity index (χ1v) is 4.29. The Bertz CT molecular complexity index is 183. The fraction of sp³-hybridized carbons (Fsp3) is 0.600. The molecule has 0 spiro atoms. The van der Waals surface area contributed by atoms with Crippen LogP contribution in [-0.2, 0) is 4.74 Å². The third-order valence-corrected chi connectivity index (χ3v) is 2.56. The summed E-state index contributed by atoms with van der Waals surface area (Å²) in [5.41, 5.74) is 0. The third kappa shape index (κ3) is 1.14. The van der Waals surface area contributed by atoms with Crippen molar-refractivity contribution in [2.75, 3.05) is 0 Å². The van der Waals surface area contributed by atoms with Crippen molar-refractivity contribution in [1.29, 1.82) is 0 Å². The van der Waals surface area contributed by atoms with Gasteiger partial charge in [-0.05, 0) is 0 Å². The number of hydrogen-bond donors (Lipinski definition) is 0. The van der Waals surface area contributed by atoms with E-state index in [-0.39, 0.29) is 0 Å². The van der Waals surface area contributed by atoms with E-state index in [1.54, 1.807) is 0 Å². The average Bonchev–Trinajstić information content (AvgIpc) is 1.99. The first-order valence-electron chi connectivity index (χ1n) is 4.29. The second-order valence-electron chi connectivity index (χ2n) is 3.55. The zero-order valence-electron chi connectivity index (χ0n) is 7.03. The maximum absolute atomic E-state index is 5.77. The number of rotatable bonds is 2. The molecule has 0 aromatic rings. The summed E-state index contributed by atoms with van der Waals surface area (Å²) in [6.45, 7) is 4.38. The first-order chi connectivity index (χ1) is 5.27. The molecule has 0 aliphatic heterocycles. The van der Waals surface area contributed by atoms with E-state index >= 15 is 0 Å². The van der Waals surface area contributed by atoms with Crippen LogP contribution in [0.5, 0.6) is 0 Å². The Kier molecular flexibility index (Phi) is 1.61. The van der Waals surface area contributed by atoms with Crippen LogP contribution in [0.25, 0.3) is 0 Å². The Balaban J connectivity index is 1.83. The van der Waals surface area contributed by atoms with E-state index in [0.717, 1.165) is 0 Å². The molecule has 4 atom stereocenters. The van der Waals surface area contributed by atoms with Crippen molar-refractivity contribution in [1.82, 2.24) is 0 Å². The Morgan fingerprint density at radius 1 is 0.818 bits per heavy atom. The van der Waals surface area contributed by atoms with E-state index in [1.165, 1.54) is 0 Å². The Morgan fingerprint density at radius 3 is 1.45 bits per heavy atom. The normalized spacial score (nSPS) is 46.7. The minimum absolute atomic E-state index is 0.382. The van der Waals surface area contributed by atoms with E-state index in [4.69, 9.17) is 4.74 Å². The van der Waals surface area contributed by atoms with Gasteiger partial charge in [-0.2, -0.15) is 0 Å². The van der Waals surface area contributed by atoms with Gasteiger partial charge in [0.1, 0.15) is 0 Å². The Hall–Kier alpha value is -0.560. The Labute approximate surface area is 67.7 Å². The molecule has 60 valence electrons. The van der Waals surface area contributed by atoms with Gasteiger partial charge in [0, 0.05) is 11.8 Å². The molecule has 0 N–H and O–H groups in total. The lowest BCUT2D eigenvalue weighted by molar-refractivity contribution is -0.0160. The van der Waals surface area contributed by atoms with Crippen molar-refractivity contribution < 1.29 is 4.74 Å². The van der Waals surface area contributed by atoms with Gasteiger partial charge in [0.2, 0.25) is 0 Å². The highest BCUT2D eigenvalue weighted by Crippen LogP contribution is 2.28. The molecule has 1 heteroatoms. The van der Waals surface area contributed by atoms with Crippen LogP contribution in [0.15, 0.2) is 24.3 Å². The van der Waals surface area contributed by atoms with Crippen molar-refractivity contribution in [3.8, 4) is 0 Å². The van der Waals surface area contributed by atoms with Gasteiger partial charge in [-0.3, -0.25) is 0 Å². The topological polar surface area (TPSA) is 9.23 Å². The first kappa shape index (κ1) is 7.11. The molecule has 0 amide bonds. The molecule has 4 unspecified atom stereocenters. The molecule has 0 saturated heterocycles. The highest BCUT2D eigenvalue weighted by molar-refractivity contribution is 5.14. The predicted molar refractivity (Wildman–Crippen MR) is 45.3 cm³/mol. The van der Waals surface area contributed by atoms with Crippen LogP contribution in [0.3, 0.4) is 0 Å². The van der Waals surface area contributed by atoms with Crippen LogP contribution < -0.4 is 0 Å². The SMILES string of the molecule is CC1C=CC1OC1C=CC1C. The molecular formula is C10H14O. The minimum atomic E-state index is 0.382. The lowest BCUT2D eigenvalue weighted by Gasteiger charge is -2.34. The number of ether oxygens (including phenoxy) is 1.